The van der Waals surface area contributed by atoms with E-state index in [2.05, 4.69) is 19.1 Å². The van der Waals surface area contributed by atoms with E-state index in [0.717, 1.165) is 31.4 Å². The van der Waals surface area contributed by atoms with Crippen LogP contribution in [0.4, 0.5) is 0 Å². The van der Waals surface area contributed by atoms with Gasteiger partial charge < -0.3 is 9.47 Å². The fourth-order valence-corrected chi connectivity index (χ4v) is 3.62. The topological polar surface area (TPSA) is 52.6 Å². The molecule has 1 aliphatic rings. The normalized spacial score (nSPS) is 17.8. The Bertz CT molecular complexity index is 687. The summed E-state index contributed by atoms with van der Waals surface area (Å²) < 4.78 is 10.6. The smallest absolute Gasteiger partial charge is 0.306 e. The minimum absolute atomic E-state index is 0.0504. The Labute approximate surface area is 168 Å². The number of rotatable bonds is 11. The monoisotopic (exact) mass is 384 g/mol. The van der Waals surface area contributed by atoms with Crippen LogP contribution in [-0.4, -0.2) is 25.5 Å². The molecule has 0 saturated heterocycles. The molecule has 1 aromatic rings. The summed E-state index contributed by atoms with van der Waals surface area (Å²) >= 11 is 0. The number of carbonyl (C=O) groups is 2. The molecule has 4 heteroatoms. The highest BCUT2D eigenvalue weighted by molar-refractivity contribution is 5.98. The van der Waals surface area contributed by atoms with Crippen molar-refractivity contribution in [2.75, 3.05) is 13.7 Å². The average molecular weight is 385 g/mol. The molecule has 3 unspecified atom stereocenters. The van der Waals surface area contributed by atoms with Crippen molar-refractivity contribution in [1.82, 2.24) is 0 Å². The van der Waals surface area contributed by atoms with Crippen LogP contribution in [-0.2, 0) is 9.53 Å². The van der Waals surface area contributed by atoms with Crippen LogP contribution in [0.3, 0.4) is 0 Å². The largest absolute Gasteiger partial charge is 0.497 e. The van der Waals surface area contributed by atoms with Crippen LogP contribution in [0, 0.1) is 17.8 Å². The highest BCUT2D eigenvalue weighted by atomic mass is 16.5. The first-order valence-corrected chi connectivity index (χ1v) is 10.2. The lowest BCUT2D eigenvalue weighted by Crippen LogP contribution is -2.30. The van der Waals surface area contributed by atoms with Crippen LogP contribution in [0.2, 0.25) is 0 Å². The van der Waals surface area contributed by atoms with Gasteiger partial charge in [-0.05, 0) is 48.9 Å². The first kappa shape index (κ1) is 21.9. The Morgan fingerprint density at radius 1 is 1.14 bits per heavy atom. The molecule has 0 bridgehead atoms. The number of methoxy groups -OCH3 is 1. The predicted molar refractivity (Wildman–Crippen MR) is 111 cm³/mol. The van der Waals surface area contributed by atoms with Gasteiger partial charge >= 0.3 is 5.97 Å². The van der Waals surface area contributed by atoms with E-state index in [0.29, 0.717) is 12.2 Å². The number of esters is 1. The van der Waals surface area contributed by atoms with Gasteiger partial charge in [-0.3, -0.25) is 9.59 Å². The highest BCUT2D eigenvalue weighted by Gasteiger charge is 2.32. The minimum atomic E-state index is -0.280. The van der Waals surface area contributed by atoms with Crippen molar-refractivity contribution in [1.29, 1.82) is 0 Å². The molecule has 0 fully saturated rings. The Hall–Kier alpha value is -2.36. The SMILES string of the molecule is CCCCCOC(=O)CC(C1C=CC=CC1)C(C)C(=O)c1ccc(OC)cc1. The number of hydrogen-bond donors (Lipinski definition) is 0. The van der Waals surface area contributed by atoms with E-state index in [1.54, 1.807) is 31.4 Å². The molecule has 2 rings (SSSR count). The lowest BCUT2D eigenvalue weighted by molar-refractivity contribution is -0.145. The van der Waals surface area contributed by atoms with E-state index in [9.17, 15) is 9.59 Å². The summed E-state index contributed by atoms with van der Waals surface area (Å²) in [7, 11) is 1.60. The molecule has 0 amide bonds. The number of hydrogen-bond acceptors (Lipinski definition) is 4. The molecular weight excluding hydrogens is 352 g/mol. The molecule has 3 atom stereocenters. The summed E-state index contributed by atoms with van der Waals surface area (Å²) in [4.78, 5) is 25.5. The van der Waals surface area contributed by atoms with E-state index >= 15 is 0 Å². The van der Waals surface area contributed by atoms with E-state index in [1.807, 2.05) is 19.1 Å². The van der Waals surface area contributed by atoms with Gasteiger partial charge in [-0.15, -0.1) is 0 Å². The molecule has 28 heavy (non-hydrogen) atoms. The first-order chi connectivity index (χ1) is 13.6. The highest BCUT2D eigenvalue weighted by Crippen LogP contribution is 2.33. The quantitative estimate of drug-likeness (QED) is 0.292. The van der Waals surface area contributed by atoms with Gasteiger partial charge in [0.1, 0.15) is 5.75 Å². The molecule has 0 N–H and O–H groups in total. The Morgan fingerprint density at radius 2 is 1.89 bits per heavy atom. The van der Waals surface area contributed by atoms with Gasteiger partial charge in [0.25, 0.3) is 0 Å². The van der Waals surface area contributed by atoms with Gasteiger partial charge in [-0.25, -0.2) is 0 Å². The molecule has 1 aliphatic carbocycles. The zero-order valence-electron chi connectivity index (χ0n) is 17.2. The van der Waals surface area contributed by atoms with Crippen LogP contribution in [0.1, 0.15) is 56.3 Å². The summed E-state index contributed by atoms with van der Waals surface area (Å²) in [5.74, 6) is 0.349. The summed E-state index contributed by atoms with van der Waals surface area (Å²) in [6.45, 7) is 4.50. The number of ether oxygens (including phenoxy) is 2. The fraction of sp³-hybridized carbons (Fsp3) is 0.500. The Morgan fingerprint density at radius 3 is 2.50 bits per heavy atom. The number of unbranched alkanes of at least 4 members (excludes halogenated alkanes) is 2. The number of Topliss-reactive ketones (excluding diaryl/α,β-unsaturated/α-hetero) is 1. The molecular formula is C24H32O4. The Balaban J connectivity index is 2.08. The van der Waals surface area contributed by atoms with Crippen molar-refractivity contribution >= 4 is 11.8 Å². The van der Waals surface area contributed by atoms with Gasteiger partial charge in [0, 0.05) is 17.9 Å². The molecule has 4 nitrogen and oxygen atoms in total. The number of carbonyl (C=O) groups excluding carboxylic acids is 2. The lowest BCUT2D eigenvalue weighted by atomic mass is 9.74. The van der Waals surface area contributed by atoms with Gasteiger partial charge in [-0.1, -0.05) is 51.0 Å². The van der Waals surface area contributed by atoms with Crippen molar-refractivity contribution in [2.24, 2.45) is 17.8 Å². The standard InChI is InChI=1S/C24H32O4/c1-4-5-9-16-28-23(25)17-22(19-10-7-6-8-11-19)18(2)24(26)20-12-14-21(27-3)15-13-20/h6-8,10,12-15,18-19,22H,4-5,9,11,16-17H2,1-3H3. The zero-order valence-corrected chi connectivity index (χ0v) is 17.2. The summed E-state index contributed by atoms with van der Waals surface area (Å²) in [6.07, 6.45) is 12.3. The average Bonchev–Trinajstić information content (AvgIpc) is 2.74. The van der Waals surface area contributed by atoms with Gasteiger partial charge in [0.05, 0.1) is 13.7 Å². The number of ketones is 1. The maximum Gasteiger partial charge on any atom is 0.306 e. The minimum Gasteiger partial charge on any atom is -0.497 e. The summed E-state index contributed by atoms with van der Waals surface area (Å²) in [6, 6.07) is 7.16. The Kier molecular flexibility index (Phi) is 8.99. The van der Waals surface area contributed by atoms with E-state index < -0.39 is 0 Å². The third-order valence-corrected chi connectivity index (χ3v) is 5.41. The molecule has 0 radical (unpaired) electrons. The lowest BCUT2D eigenvalue weighted by Gasteiger charge is -2.29. The zero-order chi connectivity index (χ0) is 20.4. The van der Waals surface area contributed by atoms with E-state index in [4.69, 9.17) is 9.47 Å². The van der Waals surface area contributed by atoms with Crippen LogP contribution >= 0.6 is 0 Å². The second-order valence-electron chi connectivity index (χ2n) is 7.39. The van der Waals surface area contributed by atoms with Crippen molar-refractivity contribution in [3.63, 3.8) is 0 Å². The molecule has 0 aliphatic heterocycles. The first-order valence-electron chi connectivity index (χ1n) is 10.2. The van der Waals surface area contributed by atoms with E-state index in [1.165, 1.54) is 0 Å². The molecule has 0 saturated carbocycles. The number of allylic oxidation sites excluding steroid dienone is 4. The molecule has 0 spiro atoms. The predicted octanol–water partition coefficient (Wildman–Crippen LogP) is 5.39. The van der Waals surface area contributed by atoms with E-state index in [-0.39, 0.29) is 35.9 Å². The summed E-state index contributed by atoms with van der Waals surface area (Å²) in [5.41, 5.74) is 0.643. The molecule has 0 aromatic heterocycles. The van der Waals surface area contributed by atoms with Crippen molar-refractivity contribution in [3.05, 3.63) is 54.1 Å². The fourth-order valence-electron chi connectivity index (χ4n) is 3.62. The van der Waals surface area contributed by atoms with Crippen molar-refractivity contribution < 1.29 is 19.1 Å². The van der Waals surface area contributed by atoms with Crippen molar-refractivity contribution in [2.45, 2.75) is 46.0 Å². The third kappa shape index (κ3) is 6.36. The van der Waals surface area contributed by atoms with Crippen LogP contribution < -0.4 is 4.74 Å². The van der Waals surface area contributed by atoms with Crippen LogP contribution in [0.25, 0.3) is 0 Å². The van der Waals surface area contributed by atoms with Gasteiger partial charge in [-0.2, -0.15) is 0 Å². The maximum atomic E-state index is 13.1. The third-order valence-electron chi connectivity index (χ3n) is 5.41. The molecule has 1 aromatic carbocycles. The van der Waals surface area contributed by atoms with Gasteiger partial charge in [0.15, 0.2) is 5.78 Å². The van der Waals surface area contributed by atoms with Crippen molar-refractivity contribution in [3.8, 4) is 5.75 Å². The molecule has 0 heterocycles. The van der Waals surface area contributed by atoms with Gasteiger partial charge in [0.2, 0.25) is 0 Å². The summed E-state index contributed by atoms with van der Waals surface area (Å²) in [5, 5.41) is 0. The van der Waals surface area contributed by atoms with Crippen LogP contribution in [0.15, 0.2) is 48.6 Å². The second-order valence-corrected chi connectivity index (χ2v) is 7.39. The molecule has 152 valence electrons. The maximum absolute atomic E-state index is 13.1. The van der Waals surface area contributed by atoms with Crippen LogP contribution in [0.5, 0.6) is 5.75 Å². The second kappa shape index (κ2) is 11.5. The number of benzene rings is 1.